The van der Waals surface area contributed by atoms with Crippen LogP contribution in [-0.4, -0.2) is 38.3 Å². The maximum Gasteiger partial charge on any atom is 0.271 e. The van der Waals surface area contributed by atoms with Crippen LogP contribution in [0.25, 0.3) is 11.0 Å². The quantitative estimate of drug-likeness (QED) is 0.530. The molecule has 2 aromatic rings. The Hall–Kier alpha value is -2.57. The number of nitro benzene ring substituents is 1. The van der Waals surface area contributed by atoms with Crippen LogP contribution in [0.5, 0.6) is 0 Å². The van der Waals surface area contributed by atoms with Crippen LogP contribution >= 0.6 is 0 Å². The molecule has 3 aliphatic rings. The summed E-state index contributed by atoms with van der Waals surface area (Å²) < 4.78 is 0. The Kier molecular flexibility index (Phi) is 4.24. The average molecular weight is 423 g/mol. The summed E-state index contributed by atoms with van der Waals surface area (Å²) in [6, 6.07) is 4.91. The summed E-state index contributed by atoms with van der Waals surface area (Å²) in [5.41, 5.74) is 1.50. The molecule has 0 radical (unpaired) electrons. The molecule has 164 valence electrons. The number of nitro groups is 1. The average Bonchev–Trinajstić information content (AvgIpc) is 3.06. The Morgan fingerprint density at radius 3 is 2.61 bits per heavy atom. The molecule has 2 heterocycles. The minimum atomic E-state index is -0.729. The van der Waals surface area contributed by atoms with Crippen molar-refractivity contribution in [2.24, 2.45) is 5.41 Å². The number of aromatic nitrogens is 2. The highest BCUT2D eigenvalue weighted by Crippen LogP contribution is 2.70. The highest BCUT2D eigenvalue weighted by molar-refractivity contribution is 5.93. The second kappa shape index (κ2) is 6.47. The zero-order valence-electron chi connectivity index (χ0n) is 18.8. The van der Waals surface area contributed by atoms with Gasteiger partial charge in [-0.2, -0.15) is 0 Å². The predicted molar refractivity (Wildman–Crippen MR) is 118 cm³/mol. The maximum atomic E-state index is 14.3. The number of amides is 1. The fourth-order valence-electron chi connectivity index (χ4n) is 6.61. The number of non-ortho nitro benzene ring substituents is 1. The molecule has 2 aliphatic carbocycles. The number of hydrogen-bond acceptors (Lipinski definition) is 5. The van der Waals surface area contributed by atoms with E-state index in [0.29, 0.717) is 11.0 Å². The molecule has 1 saturated carbocycles. The van der Waals surface area contributed by atoms with Gasteiger partial charge in [0.25, 0.3) is 5.69 Å². The number of benzene rings is 1. The minimum absolute atomic E-state index is 0.00201. The van der Waals surface area contributed by atoms with Crippen LogP contribution in [0, 0.1) is 15.5 Å². The first-order valence-electron chi connectivity index (χ1n) is 11.5. The van der Waals surface area contributed by atoms with Gasteiger partial charge in [-0.1, -0.05) is 27.7 Å². The smallest absolute Gasteiger partial charge is 0.271 e. The Bertz CT molecular complexity index is 1110. The van der Waals surface area contributed by atoms with Gasteiger partial charge in [0.15, 0.2) is 0 Å². The van der Waals surface area contributed by atoms with Crippen molar-refractivity contribution in [1.82, 2.24) is 14.9 Å². The third-order valence-electron chi connectivity index (χ3n) is 8.96. The standard InChI is InChI=1S/C24H30N4O3/c1-5-15-8-6-7-13-27(15)21(29)24-12-11-23(4,22(24,2)3)19-20(24)26-18-14-16(28(30)31)9-10-17(18)25-19/h9-10,14-15H,5-8,11-13H2,1-4H3. The van der Waals surface area contributed by atoms with Crippen LogP contribution in [0.3, 0.4) is 0 Å². The van der Waals surface area contributed by atoms with E-state index in [2.05, 4.69) is 32.6 Å². The number of hydrogen-bond donors (Lipinski definition) is 0. The number of carbonyl (C=O) groups is 1. The lowest BCUT2D eigenvalue weighted by atomic mass is 9.63. The fraction of sp³-hybridized carbons (Fsp3) is 0.625. The van der Waals surface area contributed by atoms with Crippen molar-refractivity contribution in [3.63, 3.8) is 0 Å². The van der Waals surface area contributed by atoms with Gasteiger partial charge in [0.05, 0.1) is 32.8 Å². The molecule has 2 bridgehead atoms. The third-order valence-corrected chi connectivity index (χ3v) is 8.96. The lowest BCUT2D eigenvalue weighted by Crippen LogP contribution is -2.56. The first-order chi connectivity index (χ1) is 14.7. The Morgan fingerprint density at radius 2 is 1.90 bits per heavy atom. The molecule has 3 atom stereocenters. The zero-order valence-corrected chi connectivity index (χ0v) is 18.8. The van der Waals surface area contributed by atoms with Gasteiger partial charge in [-0.05, 0) is 50.0 Å². The molecule has 0 spiro atoms. The predicted octanol–water partition coefficient (Wildman–Crippen LogP) is 4.66. The van der Waals surface area contributed by atoms with Crippen molar-refractivity contribution in [3.8, 4) is 0 Å². The van der Waals surface area contributed by atoms with Crippen molar-refractivity contribution in [3.05, 3.63) is 39.7 Å². The highest BCUT2D eigenvalue weighted by atomic mass is 16.6. The second-order valence-corrected chi connectivity index (χ2v) is 10.3. The van der Waals surface area contributed by atoms with Gasteiger partial charge in [0, 0.05) is 30.1 Å². The van der Waals surface area contributed by atoms with Gasteiger partial charge in [0.1, 0.15) is 0 Å². The highest BCUT2D eigenvalue weighted by Gasteiger charge is 2.73. The lowest BCUT2D eigenvalue weighted by Gasteiger charge is -2.45. The molecule has 1 aliphatic heterocycles. The Balaban J connectivity index is 1.73. The molecule has 1 amide bonds. The summed E-state index contributed by atoms with van der Waals surface area (Å²) in [5, 5.41) is 11.3. The molecule has 7 nitrogen and oxygen atoms in total. The topological polar surface area (TPSA) is 89.2 Å². The first kappa shape index (κ1) is 20.3. The van der Waals surface area contributed by atoms with Gasteiger partial charge >= 0.3 is 0 Å². The van der Waals surface area contributed by atoms with E-state index in [1.54, 1.807) is 6.07 Å². The maximum absolute atomic E-state index is 14.3. The SMILES string of the molecule is CCC1CCCCN1C(=O)C12CCC(C)(c3nc4ccc([N+](=O)[O-])cc4nc31)C2(C)C. The Morgan fingerprint density at radius 1 is 1.16 bits per heavy atom. The van der Waals surface area contributed by atoms with E-state index in [0.717, 1.165) is 50.0 Å². The Labute approximate surface area is 182 Å². The van der Waals surface area contributed by atoms with E-state index in [9.17, 15) is 14.9 Å². The number of fused-ring (bicyclic) bond motifs is 6. The van der Waals surface area contributed by atoms with Crippen molar-refractivity contribution in [2.45, 2.75) is 83.1 Å². The molecule has 3 unspecified atom stereocenters. The molecule has 1 saturated heterocycles. The number of piperidine rings is 1. The van der Waals surface area contributed by atoms with Crippen LogP contribution in [-0.2, 0) is 15.6 Å². The van der Waals surface area contributed by atoms with Crippen molar-refractivity contribution in [1.29, 1.82) is 0 Å². The van der Waals surface area contributed by atoms with E-state index in [-0.39, 0.29) is 28.5 Å². The number of rotatable bonds is 3. The zero-order chi connectivity index (χ0) is 22.2. The van der Waals surface area contributed by atoms with E-state index in [4.69, 9.17) is 9.97 Å². The van der Waals surface area contributed by atoms with Crippen LogP contribution in [0.4, 0.5) is 5.69 Å². The van der Waals surface area contributed by atoms with Gasteiger partial charge in [-0.25, -0.2) is 9.97 Å². The van der Waals surface area contributed by atoms with Crippen LogP contribution in [0.2, 0.25) is 0 Å². The molecule has 2 fully saturated rings. The number of likely N-dealkylation sites (tertiary alicyclic amines) is 1. The summed E-state index contributed by atoms with van der Waals surface area (Å²) in [6.07, 6.45) is 5.88. The lowest BCUT2D eigenvalue weighted by molar-refractivity contribution is -0.384. The van der Waals surface area contributed by atoms with Gasteiger partial charge in [0.2, 0.25) is 5.91 Å². The molecular weight excluding hydrogens is 392 g/mol. The summed E-state index contributed by atoms with van der Waals surface area (Å²) in [5.74, 6) is 0.186. The molecule has 1 aromatic heterocycles. The van der Waals surface area contributed by atoms with Crippen LogP contribution in [0.1, 0.15) is 77.6 Å². The molecule has 7 heteroatoms. The van der Waals surface area contributed by atoms with Gasteiger partial charge < -0.3 is 4.90 Å². The molecule has 1 aromatic carbocycles. The normalized spacial score (nSPS) is 31.1. The van der Waals surface area contributed by atoms with Crippen LogP contribution in [0.15, 0.2) is 18.2 Å². The third kappa shape index (κ3) is 2.37. The largest absolute Gasteiger partial charge is 0.339 e. The summed E-state index contributed by atoms with van der Waals surface area (Å²) in [7, 11) is 0. The molecular formula is C24H30N4O3. The second-order valence-electron chi connectivity index (χ2n) is 10.3. The molecule has 0 N–H and O–H groups in total. The van der Waals surface area contributed by atoms with E-state index in [1.165, 1.54) is 18.6 Å². The van der Waals surface area contributed by atoms with Gasteiger partial charge in [-0.3, -0.25) is 14.9 Å². The fourth-order valence-corrected chi connectivity index (χ4v) is 6.61. The minimum Gasteiger partial charge on any atom is -0.339 e. The number of carbonyl (C=O) groups excluding carboxylic acids is 1. The van der Waals surface area contributed by atoms with Crippen molar-refractivity contribution < 1.29 is 9.72 Å². The molecule has 5 rings (SSSR count). The van der Waals surface area contributed by atoms with Crippen LogP contribution < -0.4 is 0 Å². The van der Waals surface area contributed by atoms with Crippen molar-refractivity contribution >= 4 is 22.6 Å². The van der Waals surface area contributed by atoms with E-state index >= 15 is 0 Å². The van der Waals surface area contributed by atoms with E-state index < -0.39 is 10.3 Å². The molecule has 31 heavy (non-hydrogen) atoms. The summed E-state index contributed by atoms with van der Waals surface area (Å²) in [6.45, 7) is 9.56. The monoisotopic (exact) mass is 422 g/mol. The van der Waals surface area contributed by atoms with Gasteiger partial charge in [-0.15, -0.1) is 0 Å². The number of nitrogens with zero attached hydrogens (tertiary/aromatic N) is 4. The van der Waals surface area contributed by atoms with Crippen molar-refractivity contribution in [2.75, 3.05) is 6.54 Å². The van der Waals surface area contributed by atoms with E-state index in [1.807, 2.05) is 0 Å². The summed E-state index contributed by atoms with van der Waals surface area (Å²) in [4.78, 5) is 37.2. The summed E-state index contributed by atoms with van der Waals surface area (Å²) >= 11 is 0. The first-order valence-corrected chi connectivity index (χ1v) is 11.5.